The molecule has 1 aliphatic rings. The molecular formula is C16H18N2O4S2. The monoisotopic (exact) mass is 366 g/mol. The summed E-state index contributed by atoms with van der Waals surface area (Å²) in [5.41, 5.74) is 3.23. The smallest absolute Gasteiger partial charge is 0.262 e. The third-order valence-corrected chi connectivity index (χ3v) is 7.63. The lowest BCUT2D eigenvalue weighted by atomic mass is 10.0. The van der Waals surface area contributed by atoms with Crippen molar-refractivity contribution in [3.05, 3.63) is 42.0 Å². The Balaban J connectivity index is 1.99. The van der Waals surface area contributed by atoms with Gasteiger partial charge in [0.25, 0.3) is 15.9 Å². The Labute approximate surface area is 144 Å². The van der Waals surface area contributed by atoms with E-state index in [1.54, 1.807) is 19.3 Å². The van der Waals surface area contributed by atoms with Gasteiger partial charge in [0.15, 0.2) is 0 Å². The second-order valence-electron chi connectivity index (χ2n) is 6.00. The lowest BCUT2D eigenvalue weighted by molar-refractivity contribution is -0.134. The molecule has 0 saturated heterocycles. The van der Waals surface area contributed by atoms with Crippen LogP contribution in [0, 0.1) is 5.92 Å². The summed E-state index contributed by atoms with van der Waals surface area (Å²) in [5.74, 6) is -0.985. The summed E-state index contributed by atoms with van der Waals surface area (Å²) in [6, 6.07) is 10.5. The Kier molecular flexibility index (Phi) is 4.48. The van der Waals surface area contributed by atoms with Crippen molar-refractivity contribution >= 4 is 27.3 Å². The summed E-state index contributed by atoms with van der Waals surface area (Å²) >= 11 is 1.21. The second kappa shape index (κ2) is 6.29. The number of hydrogen-bond acceptors (Lipinski definition) is 5. The summed E-state index contributed by atoms with van der Waals surface area (Å²) in [5, 5.41) is 8.93. The molecule has 0 aliphatic carbocycles. The van der Waals surface area contributed by atoms with Crippen LogP contribution in [0.1, 0.15) is 19.4 Å². The Morgan fingerprint density at radius 2 is 1.96 bits per heavy atom. The number of sulfonamides is 1. The summed E-state index contributed by atoms with van der Waals surface area (Å²) in [4.78, 5) is 12.8. The van der Waals surface area contributed by atoms with E-state index in [1.165, 1.54) is 15.6 Å². The van der Waals surface area contributed by atoms with Gasteiger partial charge in [-0.1, -0.05) is 44.2 Å². The highest BCUT2D eigenvalue weighted by Gasteiger charge is 2.44. The van der Waals surface area contributed by atoms with Crippen molar-refractivity contribution in [2.24, 2.45) is 5.92 Å². The van der Waals surface area contributed by atoms with E-state index in [-0.39, 0.29) is 16.7 Å². The maximum absolute atomic E-state index is 12.9. The van der Waals surface area contributed by atoms with Crippen molar-refractivity contribution in [1.82, 2.24) is 9.79 Å². The molecule has 8 heteroatoms. The molecule has 3 rings (SSSR count). The van der Waals surface area contributed by atoms with Gasteiger partial charge in [0.2, 0.25) is 0 Å². The van der Waals surface area contributed by atoms with E-state index in [4.69, 9.17) is 5.21 Å². The zero-order valence-corrected chi connectivity index (χ0v) is 14.9. The van der Waals surface area contributed by atoms with Crippen LogP contribution in [0.2, 0.25) is 0 Å². The molecule has 1 aromatic heterocycles. The van der Waals surface area contributed by atoms with Crippen molar-refractivity contribution < 1.29 is 18.4 Å². The fraction of sp³-hybridized carbons (Fsp3) is 0.312. The fourth-order valence-electron chi connectivity index (χ4n) is 2.92. The fourth-order valence-corrected chi connectivity index (χ4v) is 6.43. The van der Waals surface area contributed by atoms with E-state index in [9.17, 15) is 13.2 Å². The van der Waals surface area contributed by atoms with Crippen LogP contribution in [0.5, 0.6) is 0 Å². The predicted molar refractivity (Wildman–Crippen MR) is 91.0 cm³/mol. The molecule has 0 unspecified atom stereocenters. The maximum Gasteiger partial charge on any atom is 0.262 e. The number of hydrogen-bond donors (Lipinski definition) is 2. The number of carbonyl (C=O) groups is 1. The van der Waals surface area contributed by atoms with E-state index in [0.29, 0.717) is 5.56 Å². The molecule has 0 spiro atoms. The number of amides is 1. The molecule has 0 radical (unpaired) electrons. The van der Waals surface area contributed by atoms with Gasteiger partial charge >= 0.3 is 0 Å². The zero-order chi connectivity index (χ0) is 17.5. The minimum absolute atomic E-state index is 0.136. The van der Waals surface area contributed by atoms with Crippen LogP contribution in [-0.4, -0.2) is 29.9 Å². The molecule has 1 aliphatic heterocycles. The SMILES string of the molecule is CC(C)[C@H](C(=O)NO)N1Cc2cc(-c3ccccc3)sc2S1(=O)=O. The molecule has 0 saturated carbocycles. The third-order valence-electron chi connectivity index (χ3n) is 4.02. The third kappa shape index (κ3) is 2.75. The molecular weight excluding hydrogens is 348 g/mol. The minimum atomic E-state index is -3.75. The number of fused-ring (bicyclic) bond motifs is 1. The van der Waals surface area contributed by atoms with Crippen molar-refractivity contribution in [1.29, 1.82) is 0 Å². The first-order chi connectivity index (χ1) is 11.4. The average Bonchev–Trinajstić information content (AvgIpc) is 3.07. The zero-order valence-electron chi connectivity index (χ0n) is 13.3. The van der Waals surface area contributed by atoms with Crippen LogP contribution in [-0.2, 0) is 21.4 Å². The molecule has 0 fully saturated rings. The Bertz CT molecular complexity index is 859. The first kappa shape index (κ1) is 17.1. The summed E-state index contributed by atoms with van der Waals surface area (Å²) in [7, 11) is -3.75. The lowest BCUT2D eigenvalue weighted by Gasteiger charge is -2.27. The van der Waals surface area contributed by atoms with Crippen LogP contribution in [0.25, 0.3) is 10.4 Å². The summed E-state index contributed by atoms with van der Waals surface area (Å²) in [6.07, 6.45) is 0. The molecule has 2 heterocycles. The first-order valence-corrected chi connectivity index (χ1v) is 9.76. The van der Waals surface area contributed by atoms with Gasteiger partial charge < -0.3 is 0 Å². The standard InChI is InChI=1S/C16H18N2O4S2/c1-10(2)14(15(19)17-20)18-9-12-8-13(11-6-4-3-5-7-11)23-16(12)24(18,21)22/h3-8,10,14,20H,9H2,1-2H3,(H,17,19)/t14-/m1/s1. The van der Waals surface area contributed by atoms with Gasteiger partial charge in [0.1, 0.15) is 10.3 Å². The summed E-state index contributed by atoms with van der Waals surface area (Å²) < 4.78 is 27.2. The van der Waals surface area contributed by atoms with Crippen molar-refractivity contribution in [3.8, 4) is 10.4 Å². The van der Waals surface area contributed by atoms with Gasteiger partial charge in [0.05, 0.1) is 0 Å². The number of benzene rings is 1. The van der Waals surface area contributed by atoms with E-state index in [2.05, 4.69) is 0 Å². The van der Waals surface area contributed by atoms with E-state index in [0.717, 1.165) is 10.4 Å². The Morgan fingerprint density at radius 1 is 1.29 bits per heavy atom. The molecule has 0 bridgehead atoms. The highest BCUT2D eigenvalue weighted by Crippen LogP contribution is 2.42. The predicted octanol–water partition coefficient (Wildman–Crippen LogP) is 2.45. The molecule has 1 aromatic carbocycles. The maximum atomic E-state index is 12.9. The molecule has 2 aromatic rings. The number of nitrogens with zero attached hydrogens (tertiary/aromatic N) is 1. The molecule has 128 valence electrons. The average molecular weight is 366 g/mol. The highest BCUT2D eigenvalue weighted by molar-refractivity contribution is 7.91. The number of carbonyl (C=O) groups excluding carboxylic acids is 1. The van der Waals surface area contributed by atoms with E-state index >= 15 is 0 Å². The number of hydroxylamine groups is 1. The van der Waals surface area contributed by atoms with Crippen molar-refractivity contribution in [2.45, 2.75) is 30.6 Å². The molecule has 6 nitrogen and oxygen atoms in total. The van der Waals surface area contributed by atoms with Crippen molar-refractivity contribution in [3.63, 3.8) is 0 Å². The number of thiophene rings is 1. The molecule has 2 N–H and O–H groups in total. The van der Waals surface area contributed by atoms with Crippen LogP contribution in [0.15, 0.2) is 40.6 Å². The Hall–Kier alpha value is -1.74. The lowest BCUT2D eigenvalue weighted by Crippen LogP contribution is -2.49. The number of nitrogens with one attached hydrogen (secondary N) is 1. The quantitative estimate of drug-likeness (QED) is 0.643. The van der Waals surface area contributed by atoms with Gasteiger partial charge in [-0.3, -0.25) is 10.0 Å². The second-order valence-corrected chi connectivity index (χ2v) is 9.14. The highest BCUT2D eigenvalue weighted by atomic mass is 32.2. The van der Waals surface area contributed by atoms with E-state index < -0.39 is 22.0 Å². The molecule has 1 atom stereocenters. The van der Waals surface area contributed by atoms with E-state index in [1.807, 2.05) is 36.4 Å². The van der Waals surface area contributed by atoms with Crippen LogP contribution in [0.3, 0.4) is 0 Å². The Morgan fingerprint density at radius 3 is 2.50 bits per heavy atom. The molecule has 24 heavy (non-hydrogen) atoms. The van der Waals surface area contributed by atoms with Crippen LogP contribution < -0.4 is 5.48 Å². The van der Waals surface area contributed by atoms with Gasteiger partial charge in [-0.25, -0.2) is 13.9 Å². The van der Waals surface area contributed by atoms with Gasteiger partial charge in [-0.2, -0.15) is 4.31 Å². The van der Waals surface area contributed by atoms with Crippen LogP contribution in [0.4, 0.5) is 0 Å². The topological polar surface area (TPSA) is 86.7 Å². The first-order valence-electron chi connectivity index (χ1n) is 7.50. The van der Waals surface area contributed by atoms with Crippen LogP contribution >= 0.6 is 11.3 Å². The minimum Gasteiger partial charge on any atom is -0.289 e. The van der Waals surface area contributed by atoms with Gasteiger partial charge in [-0.05, 0) is 23.1 Å². The van der Waals surface area contributed by atoms with Gasteiger partial charge in [0, 0.05) is 11.4 Å². The largest absolute Gasteiger partial charge is 0.289 e. The number of rotatable bonds is 4. The van der Waals surface area contributed by atoms with Gasteiger partial charge in [-0.15, -0.1) is 11.3 Å². The molecule has 1 amide bonds. The normalized spacial score (nSPS) is 17.7. The summed E-state index contributed by atoms with van der Waals surface area (Å²) in [6.45, 7) is 3.63. The van der Waals surface area contributed by atoms with Crippen molar-refractivity contribution in [2.75, 3.05) is 0 Å².